The smallest absolute Gasteiger partial charge is 0.224 e. The summed E-state index contributed by atoms with van der Waals surface area (Å²) in [4.78, 5) is 11.9. The van der Waals surface area contributed by atoms with E-state index >= 15 is 0 Å². The van der Waals surface area contributed by atoms with Crippen LogP contribution >= 0.6 is 11.6 Å². The molecule has 0 aliphatic rings. The molecule has 6 heteroatoms. The van der Waals surface area contributed by atoms with Crippen LogP contribution in [0, 0.1) is 0 Å². The Kier molecular flexibility index (Phi) is 4.15. The largest absolute Gasteiger partial charge is 0.497 e. The lowest BCUT2D eigenvalue weighted by Gasteiger charge is -2.10. The Morgan fingerprint density at radius 2 is 2.00 bits per heavy atom. The van der Waals surface area contributed by atoms with Gasteiger partial charge in [-0.2, -0.15) is 0 Å². The molecule has 0 aliphatic carbocycles. The van der Waals surface area contributed by atoms with Gasteiger partial charge in [-0.1, -0.05) is 18.2 Å². The fourth-order valence-electron chi connectivity index (χ4n) is 2.99. The average Bonchev–Trinajstić information content (AvgIpc) is 3.04. The van der Waals surface area contributed by atoms with Gasteiger partial charge in [0.2, 0.25) is 5.28 Å². The first-order valence-corrected chi connectivity index (χ1v) is 8.42. The van der Waals surface area contributed by atoms with Gasteiger partial charge in [-0.3, -0.25) is 0 Å². The van der Waals surface area contributed by atoms with E-state index in [1.165, 1.54) is 10.9 Å². The van der Waals surface area contributed by atoms with E-state index < -0.39 is 0 Å². The molecule has 0 radical (unpaired) electrons. The highest BCUT2D eigenvalue weighted by molar-refractivity contribution is 6.28. The Morgan fingerprint density at radius 3 is 2.88 bits per heavy atom. The van der Waals surface area contributed by atoms with Crippen molar-refractivity contribution in [3.05, 3.63) is 59.5 Å². The van der Waals surface area contributed by atoms with Crippen LogP contribution in [0.4, 0.5) is 5.82 Å². The van der Waals surface area contributed by atoms with Gasteiger partial charge in [0.1, 0.15) is 11.6 Å². The van der Waals surface area contributed by atoms with Crippen LogP contribution in [0.15, 0.2) is 48.7 Å². The fraction of sp³-hybridized carbons (Fsp3) is 0.158. The highest BCUT2D eigenvalue weighted by Gasteiger charge is 2.09. The number of hydrogen-bond donors (Lipinski definition) is 2. The topological polar surface area (TPSA) is 62.8 Å². The minimum atomic E-state index is 0.229. The number of fused-ring (bicyclic) bond motifs is 2. The normalized spacial score (nSPS) is 11.1. The molecule has 2 aromatic carbocycles. The Bertz CT molecular complexity index is 1040. The molecule has 2 aromatic heterocycles. The summed E-state index contributed by atoms with van der Waals surface area (Å²) in [6, 6.07) is 14.0. The molecular formula is C19H17ClN4O. The number of aromatic amines is 1. The van der Waals surface area contributed by atoms with Gasteiger partial charge < -0.3 is 15.0 Å². The molecule has 25 heavy (non-hydrogen) atoms. The quantitative estimate of drug-likeness (QED) is 0.522. The van der Waals surface area contributed by atoms with E-state index in [0.717, 1.165) is 35.1 Å². The zero-order valence-electron chi connectivity index (χ0n) is 13.7. The number of rotatable bonds is 5. The summed E-state index contributed by atoms with van der Waals surface area (Å²) in [5.41, 5.74) is 3.21. The lowest BCUT2D eigenvalue weighted by atomic mass is 10.1. The molecule has 0 unspecified atom stereocenters. The van der Waals surface area contributed by atoms with Gasteiger partial charge in [-0.05, 0) is 47.9 Å². The van der Waals surface area contributed by atoms with Crippen molar-refractivity contribution in [3.63, 3.8) is 0 Å². The Labute approximate surface area is 150 Å². The molecule has 126 valence electrons. The molecule has 5 nitrogen and oxygen atoms in total. The Morgan fingerprint density at radius 1 is 1.12 bits per heavy atom. The summed E-state index contributed by atoms with van der Waals surface area (Å²) in [5.74, 6) is 1.48. The number of ether oxygens (including phenoxy) is 1. The van der Waals surface area contributed by atoms with Crippen molar-refractivity contribution in [3.8, 4) is 5.75 Å². The number of H-pyrrole nitrogens is 1. The summed E-state index contributed by atoms with van der Waals surface area (Å²) in [5, 5.41) is 5.74. The van der Waals surface area contributed by atoms with Gasteiger partial charge in [-0.15, -0.1) is 0 Å². The summed E-state index contributed by atoms with van der Waals surface area (Å²) < 4.78 is 5.30. The van der Waals surface area contributed by atoms with Gasteiger partial charge in [0.05, 0.1) is 12.6 Å². The van der Waals surface area contributed by atoms with Crippen molar-refractivity contribution < 1.29 is 4.74 Å². The second-order valence-corrected chi connectivity index (χ2v) is 6.10. The van der Waals surface area contributed by atoms with Gasteiger partial charge in [0.15, 0.2) is 0 Å². The zero-order valence-corrected chi connectivity index (χ0v) is 14.5. The highest BCUT2D eigenvalue weighted by Crippen LogP contribution is 2.26. The minimum absolute atomic E-state index is 0.229. The number of anilines is 1. The second kappa shape index (κ2) is 6.61. The lowest BCUT2D eigenvalue weighted by Crippen LogP contribution is -2.07. The summed E-state index contributed by atoms with van der Waals surface area (Å²) in [7, 11) is 1.64. The predicted octanol–water partition coefficient (Wildman–Crippen LogP) is 4.43. The van der Waals surface area contributed by atoms with Gasteiger partial charge >= 0.3 is 0 Å². The predicted molar refractivity (Wildman–Crippen MR) is 102 cm³/mol. The third-order valence-electron chi connectivity index (χ3n) is 4.24. The number of nitrogens with one attached hydrogen (secondary N) is 2. The molecule has 0 saturated carbocycles. The van der Waals surface area contributed by atoms with Gasteiger partial charge in [0, 0.05) is 29.0 Å². The third kappa shape index (κ3) is 3.10. The molecule has 0 bridgehead atoms. The number of benzene rings is 2. The summed E-state index contributed by atoms with van der Waals surface area (Å²) in [6.07, 6.45) is 2.93. The first-order valence-electron chi connectivity index (χ1n) is 8.05. The van der Waals surface area contributed by atoms with Crippen LogP contribution in [-0.4, -0.2) is 28.6 Å². The van der Waals surface area contributed by atoms with E-state index in [1.54, 1.807) is 7.11 Å². The van der Waals surface area contributed by atoms with Crippen molar-refractivity contribution in [1.29, 1.82) is 0 Å². The van der Waals surface area contributed by atoms with Gasteiger partial charge in [0.25, 0.3) is 0 Å². The van der Waals surface area contributed by atoms with Crippen molar-refractivity contribution >= 4 is 39.2 Å². The number of para-hydroxylation sites is 1. The molecule has 0 spiro atoms. The number of halogens is 1. The van der Waals surface area contributed by atoms with Crippen LogP contribution in [0.25, 0.3) is 21.8 Å². The maximum atomic E-state index is 6.06. The van der Waals surface area contributed by atoms with E-state index in [0.29, 0.717) is 5.82 Å². The SMILES string of the molecule is COc1ccc2nc(Cl)nc(NCCc3c[nH]c4ccccc34)c2c1. The monoisotopic (exact) mass is 352 g/mol. The molecule has 4 aromatic rings. The van der Waals surface area contributed by atoms with E-state index in [9.17, 15) is 0 Å². The number of hydrogen-bond acceptors (Lipinski definition) is 4. The zero-order chi connectivity index (χ0) is 17.2. The molecule has 0 aliphatic heterocycles. The molecule has 0 fully saturated rings. The van der Waals surface area contributed by atoms with E-state index in [2.05, 4.69) is 44.7 Å². The fourth-order valence-corrected chi connectivity index (χ4v) is 3.17. The highest BCUT2D eigenvalue weighted by atomic mass is 35.5. The van der Waals surface area contributed by atoms with Crippen LogP contribution < -0.4 is 10.1 Å². The first kappa shape index (κ1) is 15.7. The van der Waals surface area contributed by atoms with Crippen LogP contribution in [0.2, 0.25) is 5.28 Å². The molecule has 4 rings (SSSR count). The van der Waals surface area contributed by atoms with Crippen molar-refractivity contribution in [1.82, 2.24) is 15.0 Å². The molecule has 2 heterocycles. The van der Waals surface area contributed by atoms with Gasteiger partial charge in [-0.25, -0.2) is 9.97 Å². The first-order chi connectivity index (χ1) is 12.2. The van der Waals surface area contributed by atoms with E-state index in [-0.39, 0.29) is 5.28 Å². The minimum Gasteiger partial charge on any atom is -0.497 e. The standard InChI is InChI=1S/C19H17ClN4O/c1-25-13-6-7-17-15(10-13)18(24-19(20)23-17)21-9-8-12-11-22-16-5-3-2-4-14(12)16/h2-7,10-11,22H,8-9H2,1H3,(H,21,23,24). The van der Waals surface area contributed by atoms with E-state index in [4.69, 9.17) is 16.3 Å². The van der Waals surface area contributed by atoms with Crippen LogP contribution in [0.1, 0.15) is 5.56 Å². The van der Waals surface area contributed by atoms with Crippen molar-refractivity contribution in [2.24, 2.45) is 0 Å². The average molecular weight is 353 g/mol. The number of aromatic nitrogens is 3. The third-order valence-corrected chi connectivity index (χ3v) is 4.41. The molecule has 2 N–H and O–H groups in total. The van der Waals surface area contributed by atoms with Crippen LogP contribution in [0.3, 0.4) is 0 Å². The Balaban J connectivity index is 1.58. The van der Waals surface area contributed by atoms with Crippen molar-refractivity contribution in [2.45, 2.75) is 6.42 Å². The Hall–Kier alpha value is -2.79. The van der Waals surface area contributed by atoms with Crippen LogP contribution in [-0.2, 0) is 6.42 Å². The summed E-state index contributed by atoms with van der Waals surface area (Å²) in [6.45, 7) is 0.738. The molecular weight excluding hydrogens is 336 g/mol. The maximum absolute atomic E-state index is 6.06. The number of nitrogens with zero attached hydrogens (tertiary/aromatic N) is 2. The number of methoxy groups -OCH3 is 1. The lowest BCUT2D eigenvalue weighted by molar-refractivity contribution is 0.415. The molecule has 0 amide bonds. The van der Waals surface area contributed by atoms with Crippen molar-refractivity contribution in [2.75, 3.05) is 19.0 Å². The molecule has 0 saturated heterocycles. The van der Waals surface area contributed by atoms with Crippen LogP contribution in [0.5, 0.6) is 5.75 Å². The maximum Gasteiger partial charge on any atom is 0.224 e. The summed E-state index contributed by atoms with van der Waals surface area (Å²) >= 11 is 6.06. The van der Waals surface area contributed by atoms with E-state index in [1.807, 2.05) is 24.3 Å². The second-order valence-electron chi connectivity index (χ2n) is 5.76. The molecule has 0 atom stereocenters.